The van der Waals surface area contributed by atoms with E-state index in [0.29, 0.717) is 5.13 Å². The lowest BCUT2D eigenvalue weighted by molar-refractivity contribution is -0.385. The lowest BCUT2D eigenvalue weighted by Gasteiger charge is -2.10. The molecule has 0 aliphatic rings. The summed E-state index contributed by atoms with van der Waals surface area (Å²) in [6.45, 7) is 5.54. The molecule has 24 heavy (non-hydrogen) atoms. The van der Waals surface area contributed by atoms with Gasteiger partial charge in [0, 0.05) is 0 Å². The van der Waals surface area contributed by atoms with Crippen molar-refractivity contribution in [1.82, 2.24) is 15.0 Å². The first-order valence-electron chi connectivity index (χ1n) is 7.24. The molecule has 3 rings (SSSR count). The summed E-state index contributed by atoms with van der Waals surface area (Å²) in [6.07, 6.45) is 0.988. The van der Waals surface area contributed by atoms with Gasteiger partial charge in [-0.1, -0.05) is 17.4 Å². The van der Waals surface area contributed by atoms with Crippen LogP contribution in [0, 0.1) is 17.0 Å². The molecule has 1 aromatic carbocycles. The van der Waals surface area contributed by atoms with E-state index >= 15 is 0 Å². The molecule has 9 heteroatoms. The number of nitro groups is 1. The third kappa shape index (κ3) is 3.25. The van der Waals surface area contributed by atoms with Crippen LogP contribution < -0.4 is 10.1 Å². The highest BCUT2D eigenvalue weighted by molar-refractivity contribution is 7.22. The summed E-state index contributed by atoms with van der Waals surface area (Å²) in [6, 6.07) is 5.89. The summed E-state index contributed by atoms with van der Waals surface area (Å²) in [5.41, 5.74) is 1.64. The molecular formula is C15H15N5O3S. The molecule has 0 unspecified atom stereocenters. The van der Waals surface area contributed by atoms with Gasteiger partial charge in [-0.15, -0.1) is 0 Å². The zero-order chi connectivity index (χ0) is 17.3. The zero-order valence-electron chi connectivity index (χ0n) is 13.3. The summed E-state index contributed by atoms with van der Waals surface area (Å²) in [7, 11) is 0. The van der Waals surface area contributed by atoms with Crippen molar-refractivity contribution in [3.05, 3.63) is 40.2 Å². The second kappa shape index (κ2) is 6.36. The molecule has 0 aliphatic heterocycles. The van der Waals surface area contributed by atoms with Crippen LogP contribution in [0.1, 0.15) is 19.4 Å². The third-order valence-corrected chi connectivity index (χ3v) is 4.02. The number of fused-ring (bicyclic) bond motifs is 1. The molecule has 0 saturated carbocycles. The van der Waals surface area contributed by atoms with Gasteiger partial charge in [0.1, 0.15) is 6.33 Å². The fourth-order valence-electron chi connectivity index (χ4n) is 2.11. The lowest BCUT2D eigenvalue weighted by atomic mass is 10.2. The molecular weight excluding hydrogens is 330 g/mol. The van der Waals surface area contributed by atoms with Gasteiger partial charge in [-0.25, -0.2) is 9.97 Å². The summed E-state index contributed by atoms with van der Waals surface area (Å²) in [5, 5.41) is 14.9. The highest BCUT2D eigenvalue weighted by Crippen LogP contribution is 2.35. The molecule has 0 atom stereocenters. The molecule has 124 valence electrons. The van der Waals surface area contributed by atoms with E-state index in [-0.39, 0.29) is 23.5 Å². The van der Waals surface area contributed by atoms with E-state index in [2.05, 4.69) is 20.3 Å². The molecule has 2 aromatic heterocycles. The Labute approximate surface area is 141 Å². The Morgan fingerprint density at radius 3 is 2.83 bits per heavy atom. The number of ether oxygens (including phenoxy) is 1. The van der Waals surface area contributed by atoms with Crippen LogP contribution in [0.2, 0.25) is 0 Å². The van der Waals surface area contributed by atoms with Crippen LogP contribution in [-0.4, -0.2) is 26.0 Å². The van der Waals surface area contributed by atoms with E-state index in [1.807, 2.05) is 25.1 Å². The van der Waals surface area contributed by atoms with E-state index in [1.54, 1.807) is 13.8 Å². The Morgan fingerprint density at radius 2 is 2.12 bits per heavy atom. The van der Waals surface area contributed by atoms with E-state index < -0.39 is 4.92 Å². The predicted octanol–water partition coefficient (Wildman–Crippen LogP) is 3.83. The van der Waals surface area contributed by atoms with Crippen molar-refractivity contribution in [2.75, 3.05) is 5.32 Å². The van der Waals surface area contributed by atoms with Crippen molar-refractivity contribution in [2.24, 2.45) is 0 Å². The molecule has 0 bridgehead atoms. The average molecular weight is 345 g/mol. The van der Waals surface area contributed by atoms with Crippen molar-refractivity contribution in [3.63, 3.8) is 0 Å². The van der Waals surface area contributed by atoms with Gasteiger partial charge >= 0.3 is 5.69 Å². The van der Waals surface area contributed by atoms with Crippen molar-refractivity contribution < 1.29 is 9.66 Å². The maximum absolute atomic E-state index is 11.4. The van der Waals surface area contributed by atoms with E-state index in [4.69, 9.17) is 4.74 Å². The zero-order valence-corrected chi connectivity index (χ0v) is 14.1. The normalized spacial score (nSPS) is 11.0. The van der Waals surface area contributed by atoms with Gasteiger partial charge in [0.2, 0.25) is 5.82 Å². The van der Waals surface area contributed by atoms with E-state index in [0.717, 1.165) is 15.8 Å². The van der Waals surface area contributed by atoms with Gasteiger partial charge in [0.05, 0.1) is 21.2 Å². The number of anilines is 2. The fourth-order valence-corrected chi connectivity index (χ4v) is 3.08. The first kappa shape index (κ1) is 16.1. The Kier molecular flexibility index (Phi) is 4.26. The fraction of sp³-hybridized carbons (Fsp3) is 0.267. The van der Waals surface area contributed by atoms with E-state index in [1.165, 1.54) is 17.7 Å². The number of hydrogen-bond acceptors (Lipinski definition) is 8. The number of aryl methyl sites for hydroxylation is 1. The number of rotatable bonds is 5. The van der Waals surface area contributed by atoms with Gasteiger partial charge in [-0.2, -0.15) is 4.98 Å². The first-order chi connectivity index (χ1) is 11.4. The Morgan fingerprint density at radius 1 is 1.33 bits per heavy atom. The number of nitrogens with one attached hydrogen (secondary N) is 1. The quantitative estimate of drug-likeness (QED) is 0.553. The highest BCUT2D eigenvalue weighted by Gasteiger charge is 2.26. The molecule has 3 aromatic rings. The largest absolute Gasteiger partial charge is 0.470 e. The molecule has 0 radical (unpaired) electrons. The summed E-state index contributed by atoms with van der Waals surface area (Å²) < 4.78 is 6.40. The SMILES string of the molecule is Cc1ccc2nc(Nc3ncnc(OC(C)C)c3[N+](=O)[O-])sc2c1. The molecule has 0 spiro atoms. The number of hydrogen-bond donors (Lipinski definition) is 1. The molecule has 0 fully saturated rings. The average Bonchev–Trinajstić information content (AvgIpc) is 2.87. The lowest BCUT2D eigenvalue weighted by Crippen LogP contribution is -2.10. The number of nitrogens with zero attached hydrogens (tertiary/aromatic N) is 4. The third-order valence-electron chi connectivity index (χ3n) is 3.09. The minimum Gasteiger partial charge on any atom is -0.470 e. The van der Waals surface area contributed by atoms with Crippen molar-refractivity contribution in [3.8, 4) is 5.88 Å². The molecule has 0 aliphatic carbocycles. The second-order valence-corrected chi connectivity index (χ2v) is 6.45. The van der Waals surface area contributed by atoms with Gasteiger partial charge in [-0.05, 0) is 38.5 Å². The topological polar surface area (TPSA) is 103 Å². The minimum atomic E-state index is -0.558. The van der Waals surface area contributed by atoms with Gasteiger partial charge in [-0.3, -0.25) is 10.1 Å². The minimum absolute atomic E-state index is 0.0569. The van der Waals surface area contributed by atoms with Crippen LogP contribution in [0.3, 0.4) is 0 Å². The van der Waals surface area contributed by atoms with Gasteiger partial charge < -0.3 is 10.1 Å². The second-order valence-electron chi connectivity index (χ2n) is 5.41. The Hall–Kier alpha value is -2.81. The van der Waals surface area contributed by atoms with Crippen LogP contribution in [0.15, 0.2) is 24.5 Å². The smallest absolute Gasteiger partial charge is 0.373 e. The molecule has 0 amide bonds. The van der Waals surface area contributed by atoms with E-state index in [9.17, 15) is 10.1 Å². The molecule has 8 nitrogen and oxygen atoms in total. The summed E-state index contributed by atoms with van der Waals surface area (Å²) in [4.78, 5) is 23.1. The monoisotopic (exact) mass is 345 g/mol. The first-order valence-corrected chi connectivity index (χ1v) is 8.06. The summed E-state index contributed by atoms with van der Waals surface area (Å²) >= 11 is 1.40. The van der Waals surface area contributed by atoms with Gasteiger partial charge in [0.25, 0.3) is 5.88 Å². The number of aromatic nitrogens is 3. The number of thiazole rings is 1. The number of benzene rings is 1. The maximum atomic E-state index is 11.4. The highest BCUT2D eigenvalue weighted by atomic mass is 32.1. The van der Waals surface area contributed by atoms with Crippen LogP contribution in [0.5, 0.6) is 5.88 Å². The van der Waals surface area contributed by atoms with Crippen molar-refractivity contribution >= 4 is 38.2 Å². The molecule has 0 saturated heterocycles. The predicted molar refractivity (Wildman–Crippen MR) is 92.1 cm³/mol. The molecule has 1 N–H and O–H groups in total. The molecule has 2 heterocycles. The van der Waals surface area contributed by atoms with Crippen molar-refractivity contribution in [2.45, 2.75) is 26.9 Å². The van der Waals surface area contributed by atoms with Crippen LogP contribution in [-0.2, 0) is 0 Å². The standard InChI is InChI=1S/C15H15N5O3S/c1-8(2)23-14-12(20(21)22)13(16-7-17-14)19-15-18-10-5-4-9(3)6-11(10)24-15/h4-8H,1-3H3,(H,16,17,18,19). The summed E-state index contributed by atoms with van der Waals surface area (Å²) in [5.74, 6) is -0.00844. The maximum Gasteiger partial charge on any atom is 0.373 e. The van der Waals surface area contributed by atoms with Crippen LogP contribution in [0.25, 0.3) is 10.2 Å². The Bertz CT molecular complexity index is 909. The van der Waals surface area contributed by atoms with Gasteiger partial charge in [0.15, 0.2) is 5.13 Å². The van der Waals surface area contributed by atoms with Crippen molar-refractivity contribution in [1.29, 1.82) is 0 Å². The Balaban J connectivity index is 2.00. The van der Waals surface area contributed by atoms with Crippen LogP contribution in [0.4, 0.5) is 16.6 Å². The van der Waals surface area contributed by atoms with Crippen LogP contribution >= 0.6 is 11.3 Å².